The second-order valence-electron chi connectivity index (χ2n) is 12.1. The number of benzene rings is 8. The summed E-state index contributed by atoms with van der Waals surface area (Å²) in [4.78, 5) is 4.92. The van der Waals surface area contributed by atoms with Crippen molar-refractivity contribution in [1.29, 1.82) is 0 Å². The van der Waals surface area contributed by atoms with E-state index in [0.717, 1.165) is 17.1 Å². The van der Waals surface area contributed by atoms with Gasteiger partial charge in [0.25, 0.3) is 0 Å². The fourth-order valence-corrected chi connectivity index (χ4v) is 8.20. The monoisotopic (exact) mass is 629 g/mol. The third kappa shape index (κ3) is 4.99. The van der Waals surface area contributed by atoms with Crippen LogP contribution in [-0.4, -0.2) is 0 Å². The van der Waals surface area contributed by atoms with Gasteiger partial charge in [0, 0.05) is 21.2 Å². The minimum Gasteiger partial charge on any atom is -0.309 e. The Morgan fingerprint density at radius 1 is 0.333 bits per heavy atom. The summed E-state index contributed by atoms with van der Waals surface area (Å²) < 4.78 is 0. The molecule has 0 aromatic heterocycles. The van der Waals surface area contributed by atoms with Crippen molar-refractivity contribution >= 4 is 39.6 Å². The molecule has 0 amide bonds. The third-order valence-electron chi connectivity index (χ3n) is 9.28. The van der Waals surface area contributed by atoms with Crippen molar-refractivity contribution in [3.63, 3.8) is 0 Å². The van der Waals surface area contributed by atoms with E-state index in [1.54, 1.807) is 0 Å². The van der Waals surface area contributed by atoms with Crippen molar-refractivity contribution in [3.8, 4) is 44.5 Å². The minimum absolute atomic E-state index is 1.12. The molecule has 0 N–H and O–H groups in total. The Hall–Kier alpha value is -5.83. The first-order valence-electron chi connectivity index (χ1n) is 16.4. The van der Waals surface area contributed by atoms with Crippen molar-refractivity contribution in [3.05, 3.63) is 188 Å². The summed E-state index contributed by atoms with van der Waals surface area (Å²) in [5, 5.41) is 2.56. The molecule has 0 radical (unpaired) electrons. The van der Waals surface area contributed by atoms with E-state index in [4.69, 9.17) is 0 Å². The maximum Gasteiger partial charge on any atom is 0.0607 e. The Bertz CT molecular complexity index is 2310. The van der Waals surface area contributed by atoms with Crippen molar-refractivity contribution in [2.24, 2.45) is 0 Å². The van der Waals surface area contributed by atoms with E-state index in [2.05, 4.69) is 193 Å². The van der Waals surface area contributed by atoms with Crippen LogP contribution in [-0.2, 0) is 0 Å². The fraction of sp³-hybridized carbons (Fsp3) is 0. The van der Waals surface area contributed by atoms with Gasteiger partial charge in [-0.3, -0.25) is 0 Å². The maximum atomic E-state index is 2.42. The van der Waals surface area contributed by atoms with E-state index >= 15 is 0 Å². The van der Waals surface area contributed by atoms with Crippen LogP contribution in [0.5, 0.6) is 0 Å². The molecule has 0 fully saturated rings. The Morgan fingerprint density at radius 3 is 1.40 bits per heavy atom. The maximum absolute atomic E-state index is 2.42. The van der Waals surface area contributed by atoms with Gasteiger partial charge in [-0.15, -0.1) is 0 Å². The normalized spacial score (nSPS) is 11.7. The molecular weight excluding hydrogens is 599 g/mol. The smallest absolute Gasteiger partial charge is 0.0607 e. The molecule has 0 unspecified atom stereocenters. The predicted molar refractivity (Wildman–Crippen MR) is 204 cm³/mol. The summed E-state index contributed by atoms with van der Waals surface area (Å²) in [5.41, 5.74) is 13.3. The van der Waals surface area contributed by atoms with Crippen LogP contribution in [0, 0.1) is 0 Å². The predicted octanol–water partition coefficient (Wildman–Crippen LogP) is 13.4. The highest BCUT2D eigenvalue weighted by molar-refractivity contribution is 7.99. The van der Waals surface area contributed by atoms with E-state index in [0.29, 0.717) is 0 Å². The van der Waals surface area contributed by atoms with Gasteiger partial charge in [-0.25, -0.2) is 0 Å². The van der Waals surface area contributed by atoms with Crippen molar-refractivity contribution in [1.82, 2.24) is 0 Å². The van der Waals surface area contributed by atoms with Crippen LogP contribution in [0.15, 0.2) is 198 Å². The Balaban J connectivity index is 1.27. The molecule has 9 rings (SSSR count). The van der Waals surface area contributed by atoms with E-state index in [-0.39, 0.29) is 0 Å². The van der Waals surface area contributed by atoms with Crippen LogP contribution in [0.2, 0.25) is 0 Å². The Kier molecular flexibility index (Phi) is 7.14. The zero-order valence-electron chi connectivity index (χ0n) is 26.3. The molecule has 1 heterocycles. The van der Waals surface area contributed by atoms with Crippen LogP contribution in [0.3, 0.4) is 0 Å². The number of nitrogens with zero attached hydrogens (tertiary/aromatic N) is 1. The van der Waals surface area contributed by atoms with Gasteiger partial charge in [0.05, 0.1) is 5.69 Å². The zero-order chi connectivity index (χ0) is 31.9. The molecule has 226 valence electrons. The van der Waals surface area contributed by atoms with Gasteiger partial charge in [0.15, 0.2) is 0 Å². The van der Waals surface area contributed by atoms with E-state index < -0.39 is 0 Å². The Labute approximate surface area is 285 Å². The first-order valence-corrected chi connectivity index (χ1v) is 17.2. The number of fused-ring (bicyclic) bond motifs is 4. The average molecular weight is 630 g/mol. The minimum atomic E-state index is 1.12. The van der Waals surface area contributed by atoms with Crippen molar-refractivity contribution in [2.45, 2.75) is 9.79 Å². The lowest BCUT2D eigenvalue weighted by molar-refractivity contribution is 1.23. The molecule has 0 aliphatic carbocycles. The third-order valence-corrected chi connectivity index (χ3v) is 10.5. The molecule has 0 bridgehead atoms. The molecule has 1 aliphatic heterocycles. The van der Waals surface area contributed by atoms with Crippen molar-refractivity contribution < 1.29 is 0 Å². The highest BCUT2D eigenvalue weighted by Crippen LogP contribution is 2.52. The molecule has 0 saturated heterocycles. The average Bonchev–Trinajstić information content (AvgIpc) is 3.16. The molecule has 1 aliphatic rings. The molecule has 2 heteroatoms. The SMILES string of the molecule is c1ccc(-c2ccc(N(c3ccc(-c4ccccc4)cc3)c3cccc4c3Sc3ccccc3-c3cccc5cccc-4c35)cc2)cc1. The highest BCUT2D eigenvalue weighted by atomic mass is 32.2. The van der Waals surface area contributed by atoms with E-state index in [1.165, 1.54) is 65.1 Å². The van der Waals surface area contributed by atoms with Gasteiger partial charge in [0.1, 0.15) is 0 Å². The largest absolute Gasteiger partial charge is 0.309 e. The summed E-state index contributed by atoms with van der Waals surface area (Å²) in [6.45, 7) is 0. The highest BCUT2D eigenvalue weighted by Gasteiger charge is 2.25. The zero-order valence-corrected chi connectivity index (χ0v) is 27.1. The number of rotatable bonds is 5. The van der Waals surface area contributed by atoms with Crippen LogP contribution in [0.4, 0.5) is 17.1 Å². The van der Waals surface area contributed by atoms with Crippen LogP contribution in [0.25, 0.3) is 55.3 Å². The molecule has 8 aromatic rings. The summed E-state index contributed by atoms with van der Waals surface area (Å²) >= 11 is 1.87. The molecular formula is C46H31NS. The number of anilines is 3. The van der Waals surface area contributed by atoms with Crippen LogP contribution < -0.4 is 4.90 Å². The lowest BCUT2D eigenvalue weighted by Crippen LogP contribution is -2.12. The van der Waals surface area contributed by atoms with E-state index in [9.17, 15) is 0 Å². The summed E-state index contributed by atoms with van der Waals surface area (Å²) in [6, 6.07) is 68.2. The van der Waals surface area contributed by atoms with Crippen molar-refractivity contribution in [2.75, 3.05) is 4.90 Å². The van der Waals surface area contributed by atoms with Gasteiger partial charge in [-0.1, -0.05) is 163 Å². The van der Waals surface area contributed by atoms with Crippen LogP contribution >= 0.6 is 11.8 Å². The first kappa shape index (κ1) is 28.4. The lowest BCUT2D eigenvalue weighted by Gasteiger charge is -2.30. The van der Waals surface area contributed by atoms with Gasteiger partial charge in [-0.05, 0) is 91.7 Å². The van der Waals surface area contributed by atoms with Gasteiger partial charge >= 0.3 is 0 Å². The van der Waals surface area contributed by atoms with E-state index in [1.807, 2.05) is 11.8 Å². The molecule has 8 aromatic carbocycles. The molecule has 0 spiro atoms. The summed E-state index contributed by atoms with van der Waals surface area (Å²) in [5.74, 6) is 0. The first-order chi connectivity index (χ1) is 23.8. The molecule has 48 heavy (non-hydrogen) atoms. The number of hydrogen-bond acceptors (Lipinski definition) is 2. The topological polar surface area (TPSA) is 3.24 Å². The van der Waals surface area contributed by atoms with Gasteiger partial charge < -0.3 is 4.90 Å². The van der Waals surface area contributed by atoms with Gasteiger partial charge in [-0.2, -0.15) is 0 Å². The molecule has 1 nitrogen and oxygen atoms in total. The lowest BCUT2D eigenvalue weighted by atomic mass is 9.91. The second kappa shape index (κ2) is 12.1. The van der Waals surface area contributed by atoms with Gasteiger partial charge in [0.2, 0.25) is 0 Å². The quantitative estimate of drug-likeness (QED) is 0.186. The fourth-order valence-electron chi connectivity index (χ4n) is 6.99. The second-order valence-corrected chi connectivity index (χ2v) is 13.2. The molecule has 0 atom stereocenters. The van der Waals surface area contributed by atoms with Crippen LogP contribution in [0.1, 0.15) is 0 Å². The standard InChI is InChI=1S/C46H31NS/c1-3-12-32(13-4-1)34-24-28-37(29-25-34)47(38-30-26-35(27-31-38)33-14-5-2-6-15-33)43-22-11-21-42-41-20-10-17-36-16-9-19-40(45(36)41)39-18-7-8-23-44(39)48-46(42)43/h1-31H. The summed E-state index contributed by atoms with van der Waals surface area (Å²) in [7, 11) is 0. The number of hydrogen-bond donors (Lipinski definition) is 0. The Morgan fingerprint density at radius 2 is 0.792 bits per heavy atom. The summed E-state index contributed by atoms with van der Waals surface area (Å²) in [6.07, 6.45) is 0. The molecule has 0 saturated carbocycles.